The van der Waals surface area contributed by atoms with Crippen molar-refractivity contribution >= 4 is 11.7 Å². The minimum absolute atomic E-state index is 0.105. The molecule has 132 valence electrons. The number of carbonyl (C=O) groups is 1. The molecule has 2 amide bonds. The molecule has 2 fully saturated rings. The summed E-state index contributed by atoms with van der Waals surface area (Å²) in [6, 6.07) is 8.53. The molecule has 1 aromatic rings. The van der Waals surface area contributed by atoms with Crippen LogP contribution >= 0.6 is 0 Å². The number of rotatable bonds is 3. The summed E-state index contributed by atoms with van der Waals surface area (Å²) >= 11 is 0. The molecule has 2 unspecified atom stereocenters. The predicted molar refractivity (Wildman–Crippen MR) is 96.7 cm³/mol. The number of nitrogens with zero attached hydrogens (tertiary/aromatic N) is 2. The van der Waals surface area contributed by atoms with E-state index in [1.54, 1.807) is 7.11 Å². The molecule has 0 radical (unpaired) electrons. The molecular weight excluding hydrogens is 302 g/mol. The highest BCUT2D eigenvalue weighted by atomic mass is 16.5. The van der Waals surface area contributed by atoms with Crippen molar-refractivity contribution in [3.8, 4) is 5.75 Å². The smallest absolute Gasteiger partial charge is 0.317 e. The number of para-hydroxylation sites is 2. The lowest BCUT2D eigenvalue weighted by Gasteiger charge is -2.38. The molecule has 0 bridgehead atoms. The van der Waals surface area contributed by atoms with Crippen molar-refractivity contribution in [2.45, 2.75) is 38.6 Å². The largest absolute Gasteiger partial charge is 0.495 e. The Morgan fingerprint density at radius 2 is 1.83 bits per heavy atom. The lowest BCUT2D eigenvalue weighted by Crippen LogP contribution is -2.54. The van der Waals surface area contributed by atoms with Gasteiger partial charge in [-0.15, -0.1) is 0 Å². The van der Waals surface area contributed by atoms with Crippen LogP contribution in [0.4, 0.5) is 10.5 Å². The van der Waals surface area contributed by atoms with Gasteiger partial charge in [-0.2, -0.15) is 0 Å². The zero-order valence-corrected chi connectivity index (χ0v) is 14.8. The number of urea groups is 1. The molecule has 3 rings (SSSR count). The Labute approximate surface area is 145 Å². The average molecular weight is 331 g/mol. The van der Waals surface area contributed by atoms with Crippen LogP contribution in [0.3, 0.4) is 0 Å². The lowest BCUT2D eigenvalue weighted by atomic mass is 9.86. The number of amides is 2. The second kappa shape index (κ2) is 7.77. The number of methoxy groups -OCH3 is 1. The van der Waals surface area contributed by atoms with Crippen molar-refractivity contribution in [1.29, 1.82) is 0 Å². The van der Waals surface area contributed by atoms with Gasteiger partial charge in [0.2, 0.25) is 0 Å². The van der Waals surface area contributed by atoms with Gasteiger partial charge < -0.3 is 19.9 Å². The molecule has 1 aromatic carbocycles. The number of benzene rings is 1. The third kappa shape index (κ3) is 3.77. The number of hydrogen-bond donors (Lipinski definition) is 1. The SMILES string of the molecule is COc1ccccc1N1CCN(C(=O)NC2CCCCC2C)CC1. The normalized spacial score (nSPS) is 24.6. The van der Waals surface area contributed by atoms with Gasteiger partial charge in [-0.25, -0.2) is 4.79 Å². The first-order valence-corrected chi connectivity index (χ1v) is 9.12. The summed E-state index contributed by atoms with van der Waals surface area (Å²) < 4.78 is 5.45. The maximum atomic E-state index is 12.5. The number of hydrogen-bond acceptors (Lipinski definition) is 3. The van der Waals surface area contributed by atoms with E-state index in [2.05, 4.69) is 23.2 Å². The van der Waals surface area contributed by atoms with Gasteiger partial charge in [0.25, 0.3) is 0 Å². The number of anilines is 1. The molecule has 2 atom stereocenters. The summed E-state index contributed by atoms with van der Waals surface area (Å²) in [6.45, 7) is 5.45. The predicted octanol–water partition coefficient (Wildman–Crippen LogP) is 3.11. The maximum Gasteiger partial charge on any atom is 0.317 e. The molecule has 1 aliphatic heterocycles. The van der Waals surface area contributed by atoms with Gasteiger partial charge in [0.15, 0.2) is 0 Å². The van der Waals surface area contributed by atoms with Crippen LogP contribution in [0.1, 0.15) is 32.6 Å². The summed E-state index contributed by atoms with van der Waals surface area (Å²) in [7, 11) is 1.70. The number of nitrogens with one attached hydrogen (secondary N) is 1. The molecule has 2 aliphatic rings. The van der Waals surface area contributed by atoms with E-state index in [1.807, 2.05) is 23.1 Å². The summed E-state index contributed by atoms with van der Waals surface area (Å²) in [5.41, 5.74) is 1.11. The molecule has 24 heavy (non-hydrogen) atoms. The van der Waals surface area contributed by atoms with Crippen molar-refractivity contribution in [3.63, 3.8) is 0 Å². The lowest BCUT2D eigenvalue weighted by molar-refractivity contribution is 0.179. The second-order valence-corrected chi connectivity index (χ2v) is 6.96. The van der Waals surface area contributed by atoms with E-state index in [0.29, 0.717) is 12.0 Å². The van der Waals surface area contributed by atoms with Crippen LogP contribution in [-0.4, -0.2) is 50.3 Å². The molecule has 1 aliphatic carbocycles. The molecule has 1 heterocycles. The quantitative estimate of drug-likeness (QED) is 0.926. The van der Waals surface area contributed by atoms with Crippen molar-refractivity contribution in [2.24, 2.45) is 5.92 Å². The molecule has 1 saturated heterocycles. The Balaban J connectivity index is 1.54. The topological polar surface area (TPSA) is 44.8 Å². The Morgan fingerprint density at radius 1 is 1.12 bits per heavy atom. The van der Waals surface area contributed by atoms with E-state index in [4.69, 9.17) is 4.74 Å². The van der Waals surface area contributed by atoms with Crippen LogP contribution in [0.15, 0.2) is 24.3 Å². The van der Waals surface area contributed by atoms with Gasteiger partial charge in [-0.05, 0) is 30.9 Å². The number of carbonyl (C=O) groups excluding carboxylic acids is 1. The van der Waals surface area contributed by atoms with Crippen LogP contribution in [0, 0.1) is 5.92 Å². The number of piperazine rings is 1. The highest BCUT2D eigenvalue weighted by Gasteiger charge is 2.27. The molecule has 1 N–H and O–H groups in total. The fraction of sp³-hybridized carbons (Fsp3) is 0.632. The Kier molecular flexibility index (Phi) is 5.48. The minimum atomic E-state index is 0.105. The Hall–Kier alpha value is -1.91. The van der Waals surface area contributed by atoms with Crippen LogP contribution in [-0.2, 0) is 0 Å². The van der Waals surface area contributed by atoms with E-state index in [9.17, 15) is 4.79 Å². The molecule has 0 aromatic heterocycles. The van der Waals surface area contributed by atoms with Crippen LogP contribution in [0.2, 0.25) is 0 Å². The highest BCUT2D eigenvalue weighted by Crippen LogP contribution is 2.28. The zero-order chi connectivity index (χ0) is 16.9. The third-order valence-electron chi connectivity index (χ3n) is 5.41. The summed E-state index contributed by atoms with van der Waals surface area (Å²) in [6.07, 6.45) is 4.88. The van der Waals surface area contributed by atoms with Gasteiger partial charge in [0.05, 0.1) is 12.8 Å². The average Bonchev–Trinajstić information content (AvgIpc) is 2.63. The minimum Gasteiger partial charge on any atom is -0.495 e. The molecule has 0 spiro atoms. The summed E-state index contributed by atoms with van der Waals surface area (Å²) in [4.78, 5) is 16.8. The molecule has 1 saturated carbocycles. The van der Waals surface area contributed by atoms with E-state index < -0.39 is 0 Å². The van der Waals surface area contributed by atoms with Crippen LogP contribution < -0.4 is 15.0 Å². The van der Waals surface area contributed by atoms with Gasteiger partial charge >= 0.3 is 6.03 Å². The molecular formula is C19H29N3O2. The fourth-order valence-corrected chi connectivity index (χ4v) is 3.82. The molecule has 5 heteroatoms. The summed E-state index contributed by atoms with van der Waals surface area (Å²) in [5.74, 6) is 1.49. The second-order valence-electron chi connectivity index (χ2n) is 6.96. The Bertz CT molecular complexity index is 555. The third-order valence-corrected chi connectivity index (χ3v) is 5.41. The Morgan fingerprint density at radius 3 is 2.54 bits per heavy atom. The van der Waals surface area contributed by atoms with Crippen molar-refractivity contribution in [2.75, 3.05) is 38.2 Å². The van der Waals surface area contributed by atoms with E-state index >= 15 is 0 Å². The van der Waals surface area contributed by atoms with E-state index in [-0.39, 0.29) is 6.03 Å². The maximum absolute atomic E-state index is 12.5. The molecule has 5 nitrogen and oxygen atoms in total. The van der Waals surface area contributed by atoms with Gasteiger partial charge in [-0.3, -0.25) is 0 Å². The van der Waals surface area contributed by atoms with Gasteiger partial charge in [0.1, 0.15) is 5.75 Å². The highest BCUT2D eigenvalue weighted by molar-refractivity contribution is 5.75. The van der Waals surface area contributed by atoms with Gasteiger partial charge in [-0.1, -0.05) is 31.9 Å². The number of ether oxygens (including phenoxy) is 1. The standard InChI is InChI=1S/C19H29N3O2/c1-15-7-3-4-8-16(15)20-19(23)22-13-11-21(12-14-22)17-9-5-6-10-18(17)24-2/h5-6,9-10,15-16H,3-4,7-8,11-14H2,1-2H3,(H,20,23). The first-order valence-electron chi connectivity index (χ1n) is 9.12. The van der Waals surface area contributed by atoms with Crippen LogP contribution in [0.5, 0.6) is 5.75 Å². The van der Waals surface area contributed by atoms with Crippen molar-refractivity contribution < 1.29 is 9.53 Å². The van der Waals surface area contributed by atoms with Gasteiger partial charge in [0, 0.05) is 32.2 Å². The zero-order valence-electron chi connectivity index (χ0n) is 14.8. The van der Waals surface area contributed by atoms with Crippen LogP contribution in [0.25, 0.3) is 0 Å². The van der Waals surface area contributed by atoms with E-state index in [0.717, 1.165) is 44.0 Å². The fourth-order valence-electron chi connectivity index (χ4n) is 3.82. The van der Waals surface area contributed by atoms with E-state index in [1.165, 1.54) is 19.3 Å². The van der Waals surface area contributed by atoms with Crippen molar-refractivity contribution in [3.05, 3.63) is 24.3 Å². The monoisotopic (exact) mass is 331 g/mol. The first kappa shape index (κ1) is 16.9. The first-order chi connectivity index (χ1) is 11.7. The van der Waals surface area contributed by atoms with Crippen molar-refractivity contribution in [1.82, 2.24) is 10.2 Å². The summed E-state index contributed by atoms with van der Waals surface area (Å²) in [5, 5.41) is 3.26.